The molecule has 1 aliphatic rings. The summed E-state index contributed by atoms with van der Waals surface area (Å²) in [6.07, 6.45) is -0.738. The Morgan fingerprint density at radius 2 is 1.53 bits per heavy atom. The number of hydrogen-bond acceptors (Lipinski definition) is 4. The fourth-order valence-electron chi connectivity index (χ4n) is 4.00. The smallest absolute Gasteiger partial charge is 0.407 e. The molecule has 2 amide bonds. The van der Waals surface area contributed by atoms with Gasteiger partial charge in [-0.15, -0.1) is 0 Å². The highest BCUT2D eigenvalue weighted by Crippen LogP contribution is 2.44. The van der Waals surface area contributed by atoms with Crippen LogP contribution in [0.3, 0.4) is 0 Å². The van der Waals surface area contributed by atoms with Crippen LogP contribution in [-0.2, 0) is 14.3 Å². The summed E-state index contributed by atoms with van der Waals surface area (Å²) in [5.74, 6) is -7.55. The predicted octanol–water partition coefficient (Wildman–Crippen LogP) is 4.17. The van der Waals surface area contributed by atoms with Crippen LogP contribution in [0.25, 0.3) is 11.1 Å². The average molecular weight is 475 g/mol. The van der Waals surface area contributed by atoms with Gasteiger partial charge in [0.2, 0.25) is 5.91 Å². The number of aliphatic carboxylic acids is 1. The summed E-state index contributed by atoms with van der Waals surface area (Å²) in [6.45, 7) is 4.10. The first kappa shape index (κ1) is 25.1. The number of fused-ring (bicyclic) bond motifs is 3. The highest BCUT2D eigenvalue weighted by atomic mass is 19.3. The SMILES string of the molecule is CC(C)(C)CC(NC(=O)OCC1c2ccccc2-c2ccccc21)C(=O)NCC(F)(F)C(=O)O. The van der Waals surface area contributed by atoms with E-state index in [-0.39, 0.29) is 18.9 Å². The third-order valence-electron chi connectivity index (χ3n) is 5.57. The third kappa shape index (κ3) is 5.89. The van der Waals surface area contributed by atoms with Gasteiger partial charge in [-0.2, -0.15) is 8.78 Å². The van der Waals surface area contributed by atoms with Gasteiger partial charge in [0.05, 0.1) is 6.54 Å². The van der Waals surface area contributed by atoms with Crippen molar-refractivity contribution in [3.8, 4) is 11.1 Å². The van der Waals surface area contributed by atoms with E-state index < -0.39 is 41.9 Å². The number of amides is 2. The molecule has 0 aromatic heterocycles. The summed E-state index contributed by atoms with van der Waals surface area (Å²) < 4.78 is 32.2. The van der Waals surface area contributed by atoms with Gasteiger partial charge in [-0.25, -0.2) is 9.59 Å². The lowest BCUT2D eigenvalue weighted by Crippen LogP contribution is -2.52. The number of nitrogens with one attached hydrogen (secondary N) is 2. The molecule has 2 aromatic carbocycles. The van der Waals surface area contributed by atoms with Crippen LogP contribution in [0.15, 0.2) is 48.5 Å². The number of carbonyl (C=O) groups is 3. The number of carboxylic acids is 1. The second-order valence-corrected chi connectivity index (χ2v) is 9.51. The number of hydrogen-bond donors (Lipinski definition) is 3. The molecule has 0 saturated heterocycles. The number of alkyl carbamates (subject to hydrolysis) is 1. The fourth-order valence-corrected chi connectivity index (χ4v) is 4.00. The highest BCUT2D eigenvalue weighted by Gasteiger charge is 2.40. The van der Waals surface area contributed by atoms with E-state index in [2.05, 4.69) is 5.32 Å². The minimum Gasteiger partial charge on any atom is -0.477 e. The lowest BCUT2D eigenvalue weighted by Gasteiger charge is -2.26. The van der Waals surface area contributed by atoms with Gasteiger partial charge in [-0.1, -0.05) is 69.3 Å². The molecule has 1 atom stereocenters. The first-order valence-corrected chi connectivity index (χ1v) is 10.9. The molecule has 3 rings (SSSR count). The molecule has 0 saturated carbocycles. The number of carboxylic acid groups (broad SMARTS) is 1. The maximum Gasteiger partial charge on any atom is 0.407 e. The molecule has 0 heterocycles. The molecule has 182 valence electrons. The van der Waals surface area contributed by atoms with E-state index in [4.69, 9.17) is 9.84 Å². The van der Waals surface area contributed by atoms with E-state index >= 15 is 0 Å². The van der Waals surface area contributed by atoms with Crippen molar-refractivity contribution in [1.82, 2.24) is 10.6 Å². The third-order valence-corrected chi connectivity index (χ3v) is 5.57. The lowest BCUT2D eigenvalue weighted by atomic mass is 9.88. The van der Waals surface area contributed by atoms with Crippen molar-refractivity contribution in [2.45, 2.75) is 45.1 Å². The molecule has 3 N–H and O–H groups in total. The summed E-state index contributed by atoms with van der Waals surface area (Å²) in [6, 6.07) is 14.5. The van der Waals surface area contributed by atoms with Gasteiger partial charge in [-0.05, 0) is 34.1 Å². The Morgan fingerprint density at radius 1 is 1.00 bits per heavy atom. The number of benzene rings is 2. The van der Waals surface area contributed by atoms with Crippen molar-refractivity contribution >= 4 is 18.0 Å². The normalized spacial score (nSPS) is 14.0. The lowest BCUT2D eigenvalue weighted by molar-refractivity contribution is -0.164. The van der Waals surface area contributed by atoms with Crippen molar-refractivity contribution < 1.29 is 33.0 Å². The molecule has 7 nitrogen and oxygen atoms in total. The standard InChI is InChI=1S/C25H28F2N2O5/c1-24(2,3)12-20(21(30)28-14-25(26,27)22(31)32)29-23(33)34-13-19-17-10-6-4-8-15(17)16-9-5-7-11-18(16)19/h4-11,19-20H,12-14H2,1-3H3,(H,28,30)(H,29,33)(H,31,32). The molecule has 1 aliphatic carbocycles. The average Bonchev–Trinajstić information content (AvgIpc) is 3.08. The van der Waals surface area contributed by atoms with E-state index in [1.54, 1.807) is 0 Å². The number of ether oxygens (including phenoxy) is 1. The van der Waals surface area contributed by atoms with Crippen molar-refractivity contribution in [1.29, 1.82) is 0 Å². The van der Waals surface area contributed by atoms with E-state index in [0.29, 0.717) is 0 Å². The van der Waals surface area contributed by atoms with Crippen LogP contribution >= 0.6 is 0 Å². The molecular weight excluding hydrogens is 446 g/mol. The van der Waals surface area contributed by atoms with E-state index in [1.807, 2.05) is 74.6 Å². The van der Waals surface area contributed by atoms with Crippen LogP contribution in [-0.4, -0.2) is 48.2 Å². The summed E-state index contributed by atoms with van der Waals surface area (Å²) in [5.41, 5.74) is 3.74. The summed E-state index contributed by atoms with van der Waals surface area (Å²) in [5, 5.41) is 12.9. The first-order chi connectivity index (χ1) is 15.9. The van der Waals surface area contributed by atoms with Crippen molar-refractivity contribution in [3.05, 3.63) is 59.7 Å². The molecule has 1 unspecified atom stereocenters. The zero-order valence-electron chi connectivity index (χ0n) is 19.2. The molecule has 2 aromatic rings. The van der Waals surface area contributed by atoms with Crippen LogP contribution in [0.2, 0.25) is 0 Å². The number of alkyl halides is 2. The van der Waals surface area contributed by atoms with E-state index in [0.717, 1.165) is 22.3 Å². The molecule has 0 aliphatic heterocycles. The van der Waals surface area contributed by atoms with E-state index in [9.17, 15) is 23.2 Å². The maximum atomic E-state index is 13.4. The van der Waals surface area contributed by atoms with Gasteiger partial charge in [0.25, 0.3) is 0 Å². The monoisotopic (exact) mass is 474 g/mol. The second-order valence-electron chi connectivity index (χ2n) is 9.51. The number of rotatable bonds is 8. The second kappa shape index (κ2) is 9.79. The number of carbonyl (C=O) groups excluding carboxylic acids is 2. The highest BCUT2D eigenvalue weighted by molar-refractivity contribution is 5.86. The Labute approximate surface area is 196 Å². The maximum absolute atomic E-state index is 13.4. The Kier molecular flexibility index (Phi) is 7.24. The topological polar surface area (TPSA) is 105 Å². The van der Waals surface area contributed by atoms with Crippen LogP contribution in [0.5, 0.6) is 0 Å². The molecule has 9 heteroatoms. The van der Waals surface area contributed by atoms with Gasteiger partial charge in [0.1, 0.15) is 12.6 Å². The Bertz CT molecular complexity index is 1040. The van der Waals surface area contributed by atoms with Crippen molar-refractivity contribution in [2.24, 2.45) is 5.41 Å². The molecule has 0 bridgehead atoms. The van der Waals surface area contributed by atoms with Crippen LogP contribution in [0.1, 0.15) is 44.2 Å². The van der Waals surface area contributed by atoms with Gasteiger partial charge in [0.15, 0.2) is 0 Å². The molecular formula is C25H28F2N2O5. The zero-order valence-corrected chi connectivity index (χ0v) is 19.2. The summed E-state index contributed by atoms with van der Waals surface area (Å²) >= 11 is 0. The van der Waals surface area contributed by atoms with Gasteiger partial charge >= 0.3 is 18.0 Å². The minimum absolute atomic E-state index is 0.0286. The Morgan fingerprint density at radius 3 is 2.03 bits per heavy atom. The van der Waals surface area contributed by atoms with Crippen molar-refractivity contribution in [3.63, 3.8) is 0 Å². The van der Waals surface area contributed by atoms with Gasteiger partial charge in [-0.3, -0.25) is 4.79 Å². The predicted molar refractivity (Wildman–Crippen MR) is 122 cm³/mol. The summed E-state index contributed by atoms with van der Waals surface area (Å²) in [4.78, 5) is 35.7. The van der Waals surface area contributed by atoms with Gasteiger partial charge in [0, 0.05) is 5.92 Å². The van der Waals surface area contributed by atoms with Crippen LogP contribution in [0, 0.1) is 5.41 Å². The van der Waals surface area contributed by atoms with Crippen LogP contribution < -0.4 is 10.6 Å². The summed E-state index contributed by atoms with van der Waals surface area (Å²) in [7, 11) is 0. The quantitative estimate of drug-likeness (QED) is 0.533. The fraction of sp³-hybridized carbons (Fsp3) is 0.400. The molecule has 0 fully saturated rings. The molecule has 0 spiro atoms. The number of halogens is 2. The molecule has 34 heavy (non-hydrogen) atoms. The Balaban J connectivity index is 1.67. The minimum atomic E-state index is -4.12. The van der Waals surface area contributed by atoms with Crippen LogP contribution in [0.4, 0.5) is 13.6 Å². The largest absolute Gasteiger partial charge is 0.477 e. The van der Waals surface area contributed by atoms with Gasteiger partial charge < -0.3 is 20.5 Å². The van der Waals surface area contributed by atoms with E-state index in [1.165, 1.54) is 0 Å². The Hall–Kier alpha value is -3.49. The first-order valence-electron chi connectivity index (χ1n) is 10.9. The molecule has 0 radical (unpaired) electrons. The van der Waals surface area contributed by atoms with Crippen molar-refractivity contribution in [2.75, 3.05) is 13.2 Å². The zero-order chi connectivity index (χ0) is 25.1.